The fraction of sp³-hybridized carbons (Fsp3) is 0.278. The highest BCUT2D eigenvalue weighted by atomic mass is 35.5. The third-order valence-corrected chi connectivity index (χ3v) is 5.32. The van der Waals surface area contributed by atoms with Gasteiger partial charge in [-0.15, -0.1) is 17.9 Å². The van der Waals surface area contributed by atoms with E-state index in [0.717, 1.165) is 29.8 Å². The lowest BCUT2D eigenvalue weighted by molar-refractivity contribution is -0.122. The van der Waals surface area contributed by atoms with Gasteiger partial charge in [0.15, 0.2) is 5.13 Å². The van der Waals surface area contributed by atoms with Gasteiger partial charge in [-0.05, 0) is 43.5 Å². The van der Waals surface area contributed by atoms with E-state index in [1.807, 2.05) is 0 Å². The standard InChI is InChI=1S/C18H18ClN3O2S/c1-2-10-20-17(24)13-4-3-5-14-15(13)21-18(25-14)22-16(23)11-6-8-12(19)9-7-11/h2,6-9,13H,1,3-5,10H2,(H,20,24)(H,21,22,23). The first-order valence-corrected chi connectivity index (χ1v) is 9.23. The minimum atomic E-state index is -0.263. The fourth-order valence-electron chi connectivity index (χ4n) is 2.79. The number of hydrogen-bond donors (Lipinski definition) is 2. The Morgan fingerprint density at radius 1 is 1.36 bits per heavy atom. The molecule has 1 aliphatic carbocycles. The van der Waals surface area contributed by atoms with Gasteiger partial charge in [0.1, 0.15) is 0 Å². The second kappa shape index (κ2) is 7.80. The van der Waals surface area contributed by atoms with Gasteiger partial charge in [0, 0.05) is 22.0 Å². The molecule has 1 unspecified atom stereocenters. The Balaban J connectivity index is 1.75. The molecule has 0 saturated carbocycles. The molecule has 0 spiro atoms. The monoisotopic (exact) mass is 375 g/mol. The summed E-state index contributed by atoms with van der Waals surface area (Å²) >= 11 is 7.28. The predicted molar refractivity (Wildman–Crippen MR) is 100 cm³/mol. The highest BCUT2D eigenvalue weighted by Gasteiger charge is 2.30. The van der Waals surface area contributed by atoms with Crippen LogP contribution in [0.2, 0.25) is 5.02 Å². The van der Waals surface area contributed by atoms with Crippen LogP contribution in [-0.2, 0) is 11.2 Å². The molecule has 1 aromatic carbocycles. The van der Waals surface area contributed by atoms with E-state index < -0.39 is 0 Å². The smallest absolute Gasteiger partial charge is 0.257 e. The molecule has 2 N–H and O–H groups in total. The molecular weight excluding hydrogens is 358 g/mol. The van der Waals surface area contributed by atoms with Crippen molar-refractivity contribution in [2.75, 3.05) is 11.9 Å². The molecule has 1 aliphatic rings. The highest BCUT2D eigenvalue weighted by molar-refractivity contribution is 7.16. The summed E-state index contributed by atoms with van der Waals surface area (Å²) in [4.78, 5) is 30.2. The van der Waals surface area contributed by atoms with Crippen molar-refractivity contribution in [2.24, 2.45) is 0 Å². The van der Waals surface area contributed by atoms with Crippen LogP contribution < -0.4 is 10.6 Å². The van der Waals surface area contributed by atoms with E-state index in [2.05, 4.69) is 22.2 Å². The van der Waals surface area contributed by atoms with Crippen LogP contribution in [0.5, 0.6) is 0 Å². The van der Waals surface area contributed by atoms with Crippen LogP contribution in [0.25, 0.3) is 0 Å². The lowest BCUT2D eigenvalue weighted by atomic mass is 9.90. The van der Waals surface area contributed by atoms with E-state index in [1.54, 1.807) is 30.3 Å². The molecule has 0 saturated heterocycles. The van der Waals surface area contributed by atoms with Crippen molar-refractivity contribution in [1.29, 1.82) is 0 Å². The first-order chi connectivity index (χ1) is 12.1. The molecule has 0 bridgehead atoms. The number of benzene rings is 1. The Morgan fingerprint density at radius 3 is 2.84 bits per heavy atom. The van der Waals surface area contributed by atoms with E-state index in [0.29, 0.717) is 22.3 Å². The molecule has 7 heteroatoms. The first-order valence-electron chi connectivity index (χ1n) is 8.03. The summed E-state index contributed by atoms with van der Waals surface area (Å²) in [6.07, 6.45) is 4.24. The lowest BCUT2D eigenvalue weighted by Crippen LogP contribution is -2.31. The molecule has 2 amide bonds. The molecule has 0 aliphatic heterocycles. The first kappa shape index (κ1) is 17.6. The van der Waals surface area contributed by atoms with E-state index in [1.165, 1.54) is 11.3 Å². The second-order valence-corrected chi connectivity index (χ2v) is 7.29. The minimum Gasteiger partial charge on any atom is -0.352 e. The maximum atomic E-state index is 12.3. The fourth-order valence-corrected chi connectivity index (χ4v) is 3.98. The van der Waals surface area contributed by atoms with E-state index in [-0.39, 0.29) is 17.7 Å². The number of thiazole rings is 1. The van der Waals surface area contributed by atoms with Crippen LogP contribution >= 0.6 is 22.9 Å². The maximum Gasteiger partial charge on any atom is 0.257 e. The molecule has 1 aromatic heterocycles. The van der Waals surface area contributed by atoms with Gasteiger partial charge in [0.25, 0.3) is 5.91 Å². The Kier molecular flexibility index (Phi) is 5.50. The zero-order chi connectivity index (χ0) is 17.8. The SMILES string of the molecule is C=CCNC(=O)C1CCCc2sc(NC(=O)c3ccc(Cl)cc3)nc21. The molecule has 2 aromatic rings. The number of halogens is 1. The summed E-state index contributed by atoms with van der Waals surface area (Å²) in [6.45, 7) is 4.05. The zero-order valence-corrected chi connectivity index (χ0v) is 15.1. The third-order valence-electron chi connectivity index (χ3n) is 4.02. The number of aromatic nitrogens is 1. The topological polar surface area (TPSA) is 71.1 Å². The number of nitrogens with one attached hydrogen (secondary N) is 2. The highest BCUT2D eigenvalue weighted by Crippen LogP contribution is 2.37. The minimum absolute atomic E-state index is 0.0401. The molecule has 25 heavy (non-hydrogen) atoms. The average Bonchev–Trinajstić information content (AvgIpc) is 3.02. The van der Waals surface area contributed by atoms with E-state index in [4.69, 9.17) is 11.6 Å². The number of hydrogen-bond acceptors (Lipinski definition) is 4. The largest absolute Gasteiger partial charge is 0.352 e. The Labute approximate surface area is 155 Å². The van der Waals surface area contributed by atoms with Gasteiger partial charge in [0.05, 0.1) is 11.6 Å². The zero-order valence-electron chi connectivity index (χ0n) is 13.5. The van der Waals surface area contributed by atoms with Crippen LogP contribution in [0.15, 0.2) is 36.9 Å². The molecule has 0 fully saturated rings. The summed E-state index contributed by atoms with van der Waals surface area (Å²) < 4.78 is 0. The van der Waals surface area contributed by atoms with Gasteiger partial charge in [-0.25, -0.2) is 4.98 Å². The van der Waals surface area contributed by atoms with Crippen LogP contribution in [0, 0.1) is 0 Å². The maximum absolute atomic E-state index is 12.3. The number of carbonyl (C=O) groups is 2. The molecule has 130 valence electrons. The molecule has 1 heterocycles. The molecular formula is C18H18ClN3O2S. The lowest BCUT2D eigenvalue weighted by Gasteiger charge is -2.19. The summed E-state index contributed by atoms with van der Waals surface area (Å²) in [7, 11) is 0. The van der Waals surface area contributed by atoms with Crippen LogP contribution in [-0.4, -0.2) is 23.3 Å². The van der Waals surface area contributed by atoms with Crippen molar-refractivity contribution in [3.05, 3.63) is 58.1 Å². The summed E-state index contributed by atoms with van der Waals surface area (Å²) in [6, 6.07) is 6.67. The van der Waals surface area contributed by atoms with Crippen molar-refractivity contribution in [3.63, 3.8) is 0 Å². The predicted octanol–water partition coefficient (Wildman–Crippen LogP) is 3.77. The number of aryl methyl sites for hydroxylation is 1. The summed E-state index contributed by atoms with van der Waals surface area (Å²) in [5.74, 6) is -0.543. The van der Waals surface area contributed by atoms with E-state index >= 15 is 0 Å². The number of anilines is 1. The normalized spacial score (nSPS) is 16.0. The van der Waals surface area contributed by atoms with E-state index in [9.17, 15) is 9.59 Å². The van der Waals surface area contributed by atoms with Crippen LogP contribution in [0.1, 0.15) is 39.7 Å². The van der Waals surface area contributed by atoms with Gasteiger partial charge in [-0.3, -0.25) is 14.9 Å². The second-order valence-electron chi connectivity index (χ2n) is 5.77. The third kappa shape index (κ3) is 4.08. The van der Waals surface area contributed by atoms with Gasteiger partial charge in [-0.2, -0.15) is 0 Å². The Bertz CT molecular complexity index is 801. The summed E-state index contributed by atoms with van der Waals surface area (Å²) in [5, 5.41) is 6.75. The quantitative estimate of drug-likeness (QED) is 0.781. The van der Waals surface area contributed by atoms with Gasteiger partial charge < -0.3 is 5.32 Å². The van der Waals surface area contributed by atoms with Crippen molar-refractivity contribution in [1.82, 2.24) is 10.3 Å². The molecule has 1 atom stereocenters. The number of fused-ring (bicyclic) bond motifs is 1. The average molecular weight is 376 g/mol. The van der Waals surface area contributed by atoms with Crippen molar-refractivity contribution >= 4 is 39.9 Å². The van der Waals surface area contributed by atoms with Crippen molar-refractivity contribution in [3.8, 4) is 0 Å². The Hall–Kier alpha value is -2.18. The van der Waals surface area contributed by atoms with Gasteiger partial charge in [-0.1, -0.05) is 17.7 Å². The van der Waals surface area contributed by atoms with Crippen LogP contribution in [0.3, 0.4) is 0 Å². The van der Waals surface area contributed by atoms with Crippen LogP contribution in [0.4, 0.5) is 5.13 Å². The molecule has 0 radical (unpaired) electrons. The summed E-state index contributed by atoms with van der Waals surface area (Å²) in [5.41, 5.74) is 1.29. The molecule has 5 nitrogen and oxygen atoms in total. The number of rotatable bonds is 5. The van der Waals surface area contributed by atoms with Crippen molar-refractivity contribution in [2.45, 2.75) is 25.2 Å². The Morgan fingerprint density at radius 2 is 2.12 bits per heavy atom. The number of nitrogens with zero attached hydrogens (tertiary/aromatic N) is 1. The van der Waals surface area contributed by atoms with Crippen molar-refractivity contribution < 1.29 is 9.59 Å². The molecule has 3 rings (SSSR count). The van der Waals surface area contributed by atoms with Gasteiger partial charge >= 0.3 is 0 Å². The number of amides is 2. The van der Waals surface area contributed by atoms with Gasteiger partial charge in [0.2, 0.25) is 5.91 Å². The number of carbonyl (C=O) groups excluding carboxylic acids is 2.